The quantitative estimate of drug-likeness (QED) is 0.381. The fraction of sp³-hybridized carbons (Fsp3) is 0.318. The summed E-state index contributed by atoms with van der Waals surface area (Å²) in [6, 6.07) is 4.91. The van der Waals surface area contributed by atoms with Gasteiger partial charge in [-0.3, -0.25) is 9.59 Å². The third kappa shape index (κ3) is 4.11. The Labute approximate surface area is 188 Å². The Morgan fingerprint density at radius 1 is 1.32 bits per heavy atom. The molecular weight excluding hydrogens is 440 g/mol. The first-order valence-electron chi connectivity index (χ1n) is 9.71. The predicted molar refractivity (Wildman–Crippen MR) is 119 cm³/mol. The van der Waals surface area contributed by atoms with Crippen molar-refractivity contribution in [1.29, 1.82) is 0 Å². The minimum Gasteiger partial charge on any atom is -0.492 e. The highest BCUT2D eigenvalue weighted by Crippen LogP contribution is 2.45. The largest absolute Gasteiger partial charge is 0.492 e. The van der Waals surface area contributed by atoms with Crippen LogP contribution in [0.1, 0.15) is 40.4 Å². The lowest BCUT2D eigenvalue weighted by Gasteiger charge is -2.31. The fourth-order valence-electron chi connectivity index (χ4n) is 3.49. The van der Waals surface area contributed by atoms with Gasteiger partial charge in [-0.2, -0.15) is 0 Å². The number of ketones is 1. The Morgan fingerprint density at radius 3 is 2.81 bits per heavy atom. The van der Waals surface area contributed by atoms with Crippen molar-refractivity contribution in [3.63, 3.8) is 0 Å². The van der Waals surface area contributed by atoms with Crippen LogP contribution in [0, 0.1) is 6.92 Å². The molecule has 4 rings (SSSR count). The average Bonchev–Trinajstić information content (AvgIpc) is 3.16. The number of fused-ring (bicyclic) bond motifs is 3. The van der Waals surface area contributed by atoms with E-state index < -0.39 is 6.23 Å². The third-order valence-electron chi connectivity index (χ3n) is 5.06. The van der Waals surface area contributed by atoms with E-state index in [0.29, 0.717) is 41.0 Å². The smallest absolute Gasteiger partial charge is 0.205 e. The van der Waals surface area contributed by atoms with E-state index >= 15 is 0 Å². The van der Waals surface area contributed by atoms with E-state index in [-0.39, 0.29) is 16.8 Å². The van der Waals surface area contributed by atoms with Crippen LogP contribution in [0.3, 0.4) is 0 Å². The molecule has 1 atom stereocenters. The van der Waals surface area contributed by atoms with Crippen molar-refractivity contribution in [2.24, 2.45) is 0 Å². The zero-order valence-corrected chi connectivity index (χ0v) is 18.9. The van der Waals surface area contributed by atoms with Gasteiger partial charge in [0, 0.05) is 60.7 Å². The lowest BCUT2D eigenvalue weighted by Crippen LogP contribution is -2.27. The first-order valence-corrected chi connectivity index (χ1v) is 10.9. The van der Waals surface area contributed by atoms with Gasteiger partial charge in [-0.1, -0.05) is 11.6 Å². The molecule has 0 saturated heterocycles. The molecule has 31 heavy (non-hydrogen) atoms. The number of carbonyl (C=O) groups is 1. The number of Topliss-reactive ketones (excluding diaryl/α,β-unsaturated/α-hetero) is 1. The monoisotopic (exact) mass is 460 g/mol. The lowest BCUT2D eigenvalue weighted by atomic mass is 10.0. The van der Waals surface area contributed by atoms with Gasteiger partial charge in [-0.15, -0.1) is 0 Å². The van der Waals surface area contributed by atoms with E-state index in [1.807, 2.05) is 6.92 Å². The van der Waals surface area contributed by atoms with Crippen LogP contribution in [0.2, 0.25) is 5.02 Å². The first-order chi connectivity index (χ1) is 14.9. The van der Waals surface area contributed by atoms with Crippen LogP contribution in [-0.4, -0.2) is 35.0 Å². The Balaban J connectivity index is 1.84. The maximum Gasteiger partial charge on any atom is 0.205 e. The van der Waals surface area contributed by atoms with Crippen molar-refractivity contribution in [2.45, 2.75) is 26.5 Å². The lowest BCUT2D eigenvalue weighted by molar-refractivity contribution is 0.101. The number of hydrogen-bond donors (Lipinski definition) is 0. The summed E-state index contributed by atoms with van der Waals surface area (Å²) >= 11 is 7.82. The molecule has 7 nitrogen and oxygen atoms in total. The average molecular weight is 461 g/mol. The molecule has 3 heterocycles. The normalized spacial score (nSPS) is 14.5. The van der Waals surface area contributed by atoms with Crippen molar-refractivity contribution in [2.75, 3.05) is 20.3 Å². The van der Waals surface area contributed by atoms with Gasteiger partial charge in [-0.05, 0) is 31.4 Å². The van der Waals surface area contributed by atoms with Crippen molar-refractivity contribution >= 4 is 28.9 Å². The summed E-state index contributed by atoms with van der Waals surface area (Å²) in [6.07, 6.45) is 3.43. The van der Waals surface area contributed by atoms with E-state index in [2.05, 4.69) is 4.37 Å². The van der Waals surface area contributed by atoms with E-state index in [4.69, 9.17) is 25.8 Å². The number of hydrogen-bond acceptors (Lipinski definition) is 7. The van der Waals surface area contributed by atoms with Crippen LogP contribution < -0.4 is 14.9 Å². The van der Waals surface area contributed by atoms with Crippen molar-refractivity contribution in [3.05, 3.63) is 61.8 Å². The molecule has 9 heteroatoms. The minimum absolute atomic E-state index is 0.103. The zero-order chi connectivity index (χ0) is 22.1. The molecule has 2 aromatic heterocycles. The summed E-state index contributed by atoms with van der Waals surface area (Å²) < 4.78 is 23.2. The number of halogens is 1. The van der Waals surface area contributed by atoms with Gasteiger partial charge in [0.2, 0.25) is 6.23 Å². The molecule has 0 amide bonds. The van der Waals surface area contributed by atoms with Crippen LogP contribution in [0.15, 0.2) is 35.4 Å². The van der Waals surface area contributed by atoms with Gasteiger partial charge in [0.25, 0.3) is 0 Å². The predicted octanol–water partition coefficient (Wildman–Crippen LogP) is 4.49. The number of rotatable bonds is 7. The van der Waals surface area contributed by atoms with Crippen LogP contribution in [0.4, 0.5) is 0 Å². The molecule has 162 valence electrons. The second-order valence-electron chi connectivity index (χ2n) is 7.18. The summed E-state index contributed by atoms with van der Waals surface area (Å²) in [5.41, 5.74) is 1.87. The standard InChI is InChI=1S/C22H21ClN2O5S/c1-12(26)16-11-25-18(8-19(16)27)14-7-17(23)21(29-6-4-5-28-3)9-20(14)30-22(25)15-10-24-31-13(15)2/h7-11,22H,4-6H2,1-3H3. The summed E-state index contributed by atoms with van der Waals surface area (Å²) in [4.78, 5) is 25.6. The summed E-state index contributed by atoms with van der Waals surface area (Å²) in [5.74, 6) is 0.728. The zero-order valence-electron chi connectivity index (χ0n) is 17.3. The van der Waals surface area contributed by atoms with E-state index in [1.165, 1.54) is 24.5 Å². The molecule has 1 aliphatic rings. The Kier molecular flexibility index (Phi) is 6.13. The number of aryl methyl sites for hydroxylation is 1. The number of ether oxygens (including phenoxy) is 3. The van der Waals surface area contributed by atoms with Crippen LogP contribution in [0.25, 0.3) is 11.3 Å². The van der Waals surface area contributed by atoms with Crippen LogP contribution in [0.5, 0.6) is 11.5 Å². The van der Waals surface area contributed by atoms with Crippen LogP contribution in [-0.2, 0) is 4.74 Å². The molecule has 3 aromatic rings. The first kappa shape index (κ1) is 21.5. The Bertz CT molecular complexity index is 1200. The van der Waals surface area contributed by atoms with Gasteiger partial charge < -0.3 is 18.8 Å². The van der Waals surface area contributed by atoms with Gasteiger partial charge in [0.05, 0.1) is 22.9 Å². The SMILES string of the molecule is COCCCOc1cc2c(cc1Cl)-c1cc(=O)c(C(C)=O)cn1C(c1cnsc1C)O2. The maximum atomic E-state index is 12.6. The molecule has 0 fully saturated rings. The van der Waals surface area contributed by atoms with Crippen molar-refractivity contribution in [3.8, 4) is 22.8 Å². The molecule has 1 unspecified atom stereocenters. The summed E-state index contributed by atoms with van der Waals surface area (Å²) in [7, 11) is 1.64. The van der Waals surface area contributed by atoms with Crippen molar-refractivity contribution < 1.29 is 19.0 Å². The molecule has 0 N–H and O–H groups in total. The van der Waals surface area contributed by atoms with Gasteiger partial charge in [0.15, 0.2) is 11.2 Å². The number of benzene rings is 1. The number of carbonyl (C=O) groups excluding carboxylic acids is 1. The second kappa shape index (κ2) is 8.82. The Hall–Kier alpha value is -2.68. The van der Waals surface area contributed by atoms with E-state index in [1.54, 1.807) is 36.2 Å². The number of pyridine rings is 1. The molecule has 0 spiro atoms. The molecular formula is C22H21ClN2O5S. The topological polar surface area (TPSA) is 79.7 Å². The van der Waals surface area contributed by atoms with E-state index in [0.717, 1.165) is 16.9 Å². The van der Waals surface area contributed by atoms with Crippen LogP contribution >= 0.6 is 23.1 Å². The number of methoxy groups -OCH3 is 1. The van der Waals surface area contributed by atoms with Crippen molar-refractivity contribution in [1.82, 2.24) is 8.94 Å². The third-order valence-corrected chi connectivity index (χ3v) is 6.08. The summed E-state index contributed by atoms with van der Waals surface area (Å²) in [6.45, 7) is 4.35. The second-order valence-corrected chi connectivity index (χ2v) is 8.59. The molecule has 1 aliphatic heterocycles. The van der Waals surface area contributed by atoms with E-state index in [9.17, 15) is 9.59 Å². The molecule has 0 saturated carbocycles. The number of aromatic nitrogens is 2. The summed E-state index contributed by atoms with van der Waals surface area (Å²) in [5, 5.41) is 0.404. The maximum absolute atomic E-state index is 12.6. The molecule has 0 bridgehead atoms. The highest BCUT2D eigenvalue weighted by atomic mass is 35.5. The van der Waals surface area contributed by atoms with Gasteiger partial charge in [0.1, 0.15) is 11.5 Å². The highest BCUT2D eigenvalue weighted by Gasteiger charge is 2.30. The Morgan fingerprint density at radius 2 is 2.13 bits per heavy atom. The van der Waals surface area contributed by atoms with Gasteiger partial charge >= 0.3 is 0 Å². The molecule has 1 aromatic carbocycles. The minimum atomic E-state index is -0.581. The number of nitrogens with zero attached hydrogens (tertiary/aromatic N) is 2. The molecule has 0 aliphatic carbocycles. The van der Waals surface area contributed by atoms with Gasteiger partial charge in [-0.25, -0.2) is 4.37 Å². The fourth-order valence-corrected chi connectivity index (χ4v) is 4.29. The highest BCUT2D eigenvalue weighted by molar-refractivity contribution is 7.05. The molecule has 0 radical (unpaired) electrons.